The molecule has 0 aromatic heterocycles. The molecule has 0 bridgehead atoms. The Labute approximate surface area is 129 Å². The van der Waals surface area contributed by atoms with E-state index in [4.69, 9.17) is 0 Å². The molecule has 3 aromatic rings. The molecule has 0 radical (unpaired) electrons. The summed E-state index contributed by atoms with van der Waals surface area (Å²) in [6.45, 7) is 0. The van der Waals surface area contributed by atoms with E-state index in [-0.39, 0.29) is 5.56 Å². The van der Waals surface area contributed by atoms with Crippen LogP contribution in [-0.2, 0) is 0 Å². The predicted molar refractivity (Wildman–Crippen MR) is 86.0 cm³/mol. The normalized spacial score (nSPS) is 10.6. The second kappa shape index (κ2) is 5.66. The van der Waals surface area contributed by atoms with Crippen LogP contribution >= 0.6 is 15.9 Å². The molecule has 0 aliphatic heterocycles. The summed E-state index contributed by atoms with van der Waals surface area (Å²) in [5.74, 6) is -0.989. The highest BCUT2D eigenvalue weighted by Gasteiger charge is 2.12. The Bertz CT molecular complexity index is 832. The Hall–Kier alpha value is -2.20. The lowest BCUT2D eigenvalue weighted by atomic mass is 10.1. The number of halogens is 2. The van der Waals surface area contributed by atoms with E-state index in [0.717, 1.165) is 15.2 Å². The second-order valence-electron chi connectivity index (χ2n) is 4.57. The minimum absolute atomic E-state index is 0.0319. The molecule has 0 heterocycles. The summed E-state index contributed by atoms with van der Waals surface area (Å²) in [4.78, 5) is 12.2. The van der Waals surface area contributed by atoms with Gasteiger partial charge in [-0.25, -0.2) is 4.39 Å². The molecule has 0 atom stereocenters. The number of fused-ring (bicyclic) bond motifs is 1. The molecule has 2 nitrogen and oxygen atoms in total. The summed E-state index contributed by atoms with van der Waals surface area (Å²) >= 11 is 3.48. The molecular weight excluding hydrogens is 333 g/mol. The molecule has 0 saturated carbocycles. The first kappa shape index (κ1) is 13.8. The maximum Gasteiger partial charge on any atom is 0.258 e. The fourth-order valence-electron chi connectivity index (χ4n) is 2.21. The van der Waals surface area contributed by atoms with Gasteiger partial charge >= 0.3 is 0 Å². The summed E-state index contributed by atoms with van der Waals surface area (Å²) in [6.07, 6.45) is 0. The van der Waals surface area contributed by atoms with E-state index in [1.807, 2.05) is 30.3 Å². The quantitative estimate of drug-likeness (QED) is 0.697. The van der Waals surface area contributed by atoms with Crippen molar-refractivity contribution in [3.8, 4) is 0 Å². The molecule has 0 aliphatic carbocycles. The summed E-state index contributed by atoms with van der Waals surface area (Å²) in [6, 6.07) is 17.3. The topological polar surface area (TPSA) is 29.1 Å². The first-order valence-corrected chi connectivity index (χ1v) is 7.19. The first-order chi connectivity index (χ1) is 10.2. The van der Waals surface area contributed by atoms with Crippen LogP contribution in [0.1, 0.15) is 10.4 Å². The zero-order valence-electron chi connectivity index (χ0n) is 10.9. The number of benzene rings is 3. The largest absolute Gasteiger partial charge is 0.321 e. The zero-order chi connectivity index (χ0) is 14.8. The number of amides is 1. The highest BCUT2D eigenvalue weighted by atomic mass is 79.9. The molecule has 1 amide bonds. The van der Waals surface area contributed by atoms with Gasteiger partial charge in [-0.1, -0.05) is 52.3 Å². The fourth-order valence-corrected chi connectivity index (χ4v) is 2.68. The molecule has 21 heavy (non-hydrogen) atoms. The molecule has 3 rings (SSSR count). The van der Waals surface area contributed by atoms with Crippen LogP contribution in [-0.4, -0.2) is 5.91 Å². The van der Waals surface area contributed by atoms with Gasteiger partial charge in [0, 0.05) is 15.5 Å². The Morgan fingerprint density at radius 1 is 0.905 bits per heavy atom. The third-order valence-electron chi connectivity index (χ3n) is 3.24. The highest BCUT2D eigenvalue weighted by molar-refractivity contribution is 9.10. The smallest absolute Gasteiger partial charge is 0.258 e. The van der Waals surface area contributed by atoms with Crippen molar-refractivity contribution in [2.24, 2.45) is 0 Å². The molecule has 0 unspecified atom stereocenters. The van der Waals surface area contributed by atoms with Crippen LogP contribution in [0.25, 0.3) is 10.8 Å². The number of nitrogens with one attached hydrogen (secondary N) is 1. The van der Waals surface area contributed by atoms with E-state index in [1.54, 1.807) is 18.2 Å². The van der Waals surface area contributed by atoms with Gasteiger partial charge in [0.2, 0.25) is 0 Å². The van der Waals surface area contributed by atoms with E-state index in [2.05, 4.69) is 21.2 Å². The summed E-state index contributed by atoms with van der Waals surface area (Å²) in [5, 5.41) is 4.66. The lowest BCUT2D eigenvalue weighted by Crippen LogP contribution is -2.13. The predicted octanol–water partition coefficient (Wildman–Crippen LogP) is 4.99. The van der Waals surface area contributed by atoms with Crippen molar-refractivity contribution in [1.82, 2.24) is 0 Å². The zero-order valence-corrected chi connectivity index (χ0v) is 12.5. The van der Waals surface area contributed by atoms with E-state index in [9.17, 15) is 9.18 Å². The lowest BCUT2D eigenvalue weighted by Gasteiger charge is -2.10. The SMILES string of the molecule is O=C(Nc1ccc(Br)c2ccccc12)c1ccccc1F. The van der Waals surface area contributed by atoms with E-state index < -0.39 is 11.7 Å². The van der Waals surface area contributed by atoms with Gasteiger partial charge in [0.25, 0.3) is 5.91 Å². The summed E-state index contributed by atoms with van der Waals surface area (Å²) in [7, 11) is 0. The van der Waals surface area contributed by atoms with Crippen LogP contribution < -0.4 is 5.32 Å². The molecule has 4 heteroatoms. The molecule has 0 saturated heterocycles. The Morgan fingerprint density at radius 3 is 2.33 bits per heavy atom. The van der Waals surface area contributed by atoms with Gasteiger partial charge in [0.05, 0.1) is 5.56 Å². The molecule has 1 N–H and O–H groups in total. The molecule has 0 spiro atoms. The Morgan fingerprint density at radius 2 is 1.57 bits per heavy atom. The van der Waals surface area contributed by atoms with Crippen molar-refractivity contribution in [3.63, 3.8) is 0 Å². The van der Waals surface area contributed by atoms with Crippen molar-refractivity contribution < 1.29 is 9.18 Å². The van der Waals surface area contributed by atoms with Crippen LogP contribution in [0.5, 0.6) is 0 Å². The Balaban J connectivity index is 2.01. The summed E-state index contributed by atoms with van der Waals surface area (Å²) < 4.78 is 14.6. The van der Waals surface area contributed by atoms with Gasteiger partial charge in [-0.2, -0.15) is 0 Å². The van der Waals surface area contributed by atoms with Crippen molar-refractivity contribution in [3.05, 3.63) is 76.5 Å². The van der Waals surface area contributed by atoms with Crippen molar-refractivity contribution in [2.75, 3.05) is 5.32 Å². The van der Waals surface area contributed by atoms with Crippen LogP contribution in [0.15, 0.2) is 65.1 Å². The van der Waals surface area contributed by atoms with Gasteiger partial charge in [0.1, 0.15) is 5.82 Å². The third-order valence-corrected chi connectivity index (χ3v) is 3.93. The average molecular weight is 344 g/mol. The monoisotopic (exact) mass is 343 g/mol. The number of rotatable bonds is 2. The molecular formula is C17H11BrFNO. The standard InChI is InChI=1S/C17H11BrFNO/c18-14-9-10-16(12-6-2-1-5-11(12)14)20-17(21)13-7-3-4-8-15(13)19/h1-10H,(H,20,21). The van der Waals surface area contributed by atoms with Gasteiger partial charge in [-0.3, -0.25) is 4.79 Å². The van der Waals surface area contributed by atoms with E-state index in [0.29, 0.717) is 5.69 Å². The minimum Gasteiger partial charge on any atom is -0.321 e. The van der Waals surface area contributed by atoms with Crippen LogP contribution in [0.3, 0.4) is 0 Å². The Kier molecular flexibility index (Phi) is 3.71. The highest BCUT2D eigenvalue weighted by Crippen LogP contribution is 2.30. The van der Waals surface area contributed by atoms with E-state index >= 15 is 0 Å². The van der Waals surface area contributed by atoms with Gasteiger partial charge in [-0.05, 0) is 29.7 Å². The van der Waals surface area contributed by atoms with Crippen LogP contribution in [0.4, 0.5) is 10.1 Å². The molecule has 0 aliphatic rings. The van der Waals surface area contributed by atoms with Crippen LogP contribution in [0, 0.1) is 5.82 Å². The van der Waals surface area contributed by atoms with Crippen molar-refractivity contribution >= 4 is 38.3 Å². The third kappa shape index (κ3) is 2.67. The fraction of sp³-hybridized carbons (Fsp3) is 0. The number of carbonyl (C=O) groups is 1. The average Bonchev–Trinajstić information content (AvgIpc) is 2.51. The second-order valence-corrected chi connectivity index (χ2v) is 5.43. The first-order valence-electron chi connectivity index (χ1n) is 6.40. The lowest BCUT2D eigenvalue weighted by molar-refractivity contribution is 0.102. The molecule has 104 valence electrons. The van der Waals surface area contributed by atoms with Gasteiger partial charge < -0.3 is 5.32 Å². The number of hydrogen-bond donors (Lipinski definition) is 1. The van der Waals surface area contributed by atoms with Crippen molar-refractivity contribution in [1.29, 1.82) is 0 Å². The maximum atomic E-state index is 13.7. The molecule has 3 aromatic carbocycles. The summed E-state index contributed by atoms with van der Waals surface area (Å²) in [5.41, 5.74) is 0.687. The number of hydrogen-bond acceptors (Lipinski definition) is 1. The molecule has 0 fully saturated rings. The minimum atomic E-state index is -0.531. The van der Waals surface area contributed by atoms with Gasteiger partial charge in [0.15, 0.2) is 0 Å². The van der Waals surface area contributed by atoms with Crippen molar-refractivity contribution in [2.45, 2.75) is 0 Å². The maximum absolute atomic E-state index is 13.7. The van der Waals surface area contributed by atoms with Gasteiger partial charge in [-0.15, -0.1) is 0 Å². The number of carbonyl (C=O) groups excluding carboxylic acids is 1. The van der Waals surface area contributed by atoms with E-state index in [1.165, 1.54) is 12.1 Å². The van der Waals surface area contributed by atoms with Crippen LogP contribution in [0.2, 0.25) is 0 Å². The number of anilines is 1.